The van der Waals surface area contributed by atoms with Gasteiger partial charge in [-0.1, -0.05) is 0 Å². The van der Waals surface area contributed by atoms with E-state index in [1.807, 2.05) is 0 Å². The summed E-state index contributed by atoms with van der Waals surface area (Å²) in [6, 6.07) is 3.83. The van der Waals surface area contributed by atoms with Gasteiger partial charge in [0, 0.05) is 0 Å². The van der Waals surface area contributed by atoms with Crippen molar-refractivity contribution in [3.63, 3.8) is 0 Å². The van der Waals surface area contributed by atoms with Crippen LogP contribution in [0.25, 0.3) is 0 Å². The molecule has 0 saturated heterocycles. The minimum atomic E-state index is -3.97. The minimum absolute atomic E-state index is 0.0763. The van der Waals surface area contributed by atoms with Crippen molar-refractivity contribution in [3.05, 3.63) is 40.2 Å². The molecule has 0 spiro atoms. The van der Waals surface area contributed by atoms with Gasteiger partial charge in [-0.2, -0.15) is 5.10 Å². The van der Waals surface area contributed by atoms with Gasteiger partial charge in [0.05, 0.1) is 30.0 Å². The molecule has 0 bridgehead atoms. The molecule has 0 aliphatic heterocycles. The third kappa shape index (κ3) is 2.94. The van der Waals surface area contributed by atoms with Gasteiger partial charge in [0.15, 0.2) is 0 Å². The van der Waals surface area contributed by atoms with Crippen LogP contribution < -0.4 is 9.46 Å². The molecule has 0 radical (unpaired) electrons. The number of aromatic amines is 1. The highest BCUT2D eigenvalue weighted by Gasteiger charge is 2.23. The number of aromatic nitrogens is 2. The zero-order valence-electron chi connectivity index (χ0n) is 11.2. The van der Waals surface area contributed by atoms with Crippen LogP contribution in [-0.2, 0) is 10.0 Å². The van der Waals surface area contributed by atoms with Crippen molar-refractivity contribution in [3.8, 4) is 5.75 Å². The predicted octanol–water partition coefficient (Wildman–Crippen LogP) is 1.44. The lowest BCUT2D eigenvalue weighted by molar-refractivity contribution is -0.384. The third-order valence-corrected chi connectivity index (χ3v) is 4.20. The van der Waals surface area contributed by atoms with Crippen molar-refractivity contribution in [1.82, 2.24) is 10.2 Å². The highest BCUT2D eigenvalue weighted by atomic mass is 32.2. The Morgan fingerprint density at radius 1 is 1.43 bits per heavy atom. The van der Waals surface area contributed by atoms with Gasteiger partial charge in [0.2, 0.25) is 0 Å². The topological polar surface area (TPSA) is 127 Å². The number of hydrogen-bond acceptors (Lipinski definition) is 6. The maximum Gasteiger partial charge on any atom is 0.297 e. The number of nitro benzene ring substituents is 1. The molecule has 2 rings (SSSR count). The molecule has 10 heteroatoms. The van der Waals surface area contributed by atoms with E-state index >= 15 is 0 Å². The van der Waals surface area contributed by atoms with E-state index in [4.69, 9.17) is 4.74 Å². The maximum atomic E-state index is 12.2. The molecular weight excluding hydrogens is 300 g/mol. The number of hydrogen-bond donors (Lipinski definition) is 2. The molecule has 0 aliphatic rings. The standard InChI is InChI=1S/C11H12N4O5S/c1-7-11(6-12-13-7)21(18,19)14-9-4-3-8(20-2)5-10(9)15(16)17/h3-6,14H,1-2H3,(H,12,13). The van der Waals surface area contributed by atoms with Crippen LogP contribution in [0.15, 0.2) is 29.3 Å². The van der Waals surface area contributed by atoms with Crippen molar-refractivity contribution in [2.75, 3.05) is 11.8 Å². The molecule has 0 saturated carbocycles. The second-order valence-corrected chi connectivity index (χ2v) is 5.76. The van der Waals surface area contributed by atoms with E-state index in [9.17, 15) is 18.5 Å². The Bertz CT molecular complexity index is 784. The Kier molecular flexibility index (Phi) is 3.80. The van der Waals surface area contributed by atoms with Gasteiger partial charge in [-0.3, -0.25) is 19.9 Å². The lowest BCUT2D eigenvalue weighted by Crippen LogP contribution is -2.14. The highest BCUT2D eigenvalue weighted by Crippen LogP contribution is 2.30. The maximum absolute atomic E-state index is 12.2. The zero-order valence-corrected chi connectivity index (χ0v) is 12.0. The van der Waals surface area contributed by atoms with E-state index in [0.717, 1.165) is 12.3 Å². The summed E-state index contributed by atoms with van der Waals surface area (Å²) < 4.78 is 31.4. The summed E-state index contributed by atoms with van der Waals surface area (Å²) in [4.78, 5) is 10.3. The van der Waals surface area contributed by atoms with Gasteiger partial charge in [0.25, 0.3) is 15.7 Å². The van der Waals surface area contributed by atoms with Gasteiger partial charge in [0.1, 0.15) is 16.3 Å². The summed E-state index contributed by atoms with van der Waals surface area (Å²) in [6.45, 7) is 1.53. The molecular formula is C11H12N4O5S. The predicted molar refractivity (Wildman–Crippen MR) is 73.8 cm³/mol. The van der Waals surface area contributed by atoms with Crippen LogP contribution in [0.1, 0.15) is 5.69 Å². The Hall–Kier alpha value is -2.62. The first-order valence-electron chi connectivity index (χ1n) is 5.70. The van der Waals surface area contributed by atoms with E-state index in [1.165, 1.54) is 26.2 Å². The average Bonchev–Trinajstić information content (AvgIpc) is 2.85. The summed E-state index contributed by atoms with van der Waals surface area (Å²) in [7, 11) is -2.61. The Balaban J connectivity index is 2.44. The molecule has 0 amide bonds. The first kappa shape index (κ1) is 14.8. The molecule has 112 valence electrons. The van der Waals surface area contributed by atoms with Crippen LogP contribution in [-0.4, -0.2) is 30.6 Å². The van der Waals surface area contributed by atoms with Crippen molar-refractivity contribution in [2.45, 2.75) is 11.8 Å². The van der Waals surface area contributed by atoms with Crippen molar-refractivity contribution >= 4 is 21.4 Å². The molecule has 1 aromatic carbocycles. The Morgan fingerprint density at radius 2 is 2.14 bits per heavy atom. The fourth-order valence-corrected chi connectivity index (χ4v) is 2.90. The SMILES string of the molecule is COc1ccc(NS(=O)(=O)c2cn[nH]c2C)c([N+](=O)[O-])c1. The molecule has 0 aliphatic carbocycles. The second kappa shape index (κ2) is 5.40. The molecule has 0 atom stereocenters. The van der Waals surface area contributed by atoms with Crippen molar-refractivity contribution in [1.29, 1.82) is 0 Å². The highest BCUT2D eigenvalue weighted by molar-refractivity contribution is 7.92. The molecule has 1 aromatic heterocycles. The monoisotopic (exact) mass is 312 g/mol. The van der Waals surface area contributed by atoms with E-state index in [-0.39, 0.29) is 16.3 Å². The number of benzene rings is 1. The number of nitrogens with one attached hydrogen (secondary N) is 2. The van der Waals surface area contributed by atoms with Gasteiger partial charge in [-0.05, 0) is 19.1 Å². The zero-order chi connectivity index (χ0) is 15.6. The third-order valence-electron chi connectivity index (χ3n) is 2.72. The Morgan fingerprint density at radius 3 is 2.67 bits per heavy atom. The summed E-state index contributed by atoms with van der Waals surface area (Å²) in [6.07, 6.45) is 1.13. The van der Waals surface area contributed by atoms with Crippen LogP contribution >= 0.6 is 0 Å². The number of nitro groups is 1. The molecule has 2 N–H and O–H groups in total. The Labute approximate surface area is 120 Å². The van der Waals surface area contributed by atoms with Crippen molar-refractivity contribution < 1.29 is 18.1 Å². The normalized spacial score (nSPS) is 11.1. The second-order valence-electron chi connectivity index (χ2n) is 4.10. The lowest BCUT2D eigenvalue weighted by Gasteiger charge is -2.08. The fraction of sp³-hybridized carbons (Fsp3) is 0.182. The first-order valence-corrected chi connectivity index (χ1v) is 7.18. The van der Waals surface area contributed by atoms with Gasteiger partial charge in [-0.15, -0.1) is 0 Å². The van der Waals surface area contributed by atoms with Crippen LogP contribution in [0.4, 0.5) is 11.4 Å². The van der Waals surface area contributed by atoms with Crippen LogP contribution in [0.2, 0.25) is 0 Å². The number of nitrogens with zero attached hydrogens (tertiary/aromatic N) is 2. The summed E-state index contributed by atoms with van der Waals surface area (Å²) in [5.41, 5.74) is -0.223. The average molecular weight is 312 g/mol. The number of methoxy groups -OCH3 is 1. The smallest absolute Gasteiger partial charge is 0.297 e. The van der Waals surface area contributed by atoms with E-state index < -0.39 is 20.6 Å². The lowest BCUT2D eigenvalue weighted by atomic mass is 10.2. The first-order chi connectivity index (χ1) is 9.85. The number of ether oxygens (including phenoxy) is 1. The van der Waals surface area contributed by atoms with Crippen LogP contribution in [0.3, 0.4) is 0 Å². The van der Waals surface area contributed by atoms with E-state index in [1.54, 1.807) is 0 Å². The fourth-order valence-electron chi connectivity index (χ4n) is 1.69. The van der Waals surface area contributed by atoms with E-state index in [0.29, 0.717) is 5.69 Å². The van der Waals surface area contributed by atoms with E-state index in [2.05, 4.69) is 14.9 Å². The molecule has 2 aromatic rings. The largest absolute Gasteiger partial charge is 0.496 e. The number of sulfonamides is 1. The molecule has 0 fully saturated rings. The van der Waals surface area contributed by atoms with Crippen LogP contribution in [0.5, 0.6) is 5.75 Å². The molecule has 0 unspecified atom stereocenters. The number of H-pyrrole nitrogens is 1. The number of aryl methyl sites for hydroxylation is 1. The van der Waals surface area contributed by atoms with Gasteiger partial charge in [-0.25, -0.2) is 8.42 Å². The summed E-state index contributed by atoms with van der Waals surface area (Å²) >= 11 is 0. The molecule has 1 heterocycles. The number of rotatable bonds is 5. The summed E-state index contributed by atoms with van der Waals surface area (Å²) in [5, 5.41) is 17.1. The summed E-state index contributed by atoms with van der Waals surface area (Å²) in [5.74, 6) is 0.254. The quantitative estimate of drug-likeness (QED) is 0.635. The molecule has 9 nitrogen and oxygen atoms in total. The van der Waals surface area contributed by atoms with Gasteiger partial charge < -0.3 is 4.74 Å². The van der Waals surface area contributed by atoms with Gasteiger partial charge >= 0.3 is 0 Å². The minimum Gasteiger partial charge on any atom is -0.496 e. The molecule has 21 heavy (non-hydrogen) atoms. The van der Waals surface area contributed by atoms with Crippen LogP contribution in [0, 0.1) is 17.0 Å². The number of anilines is 1. The van der Waals surface area contributed by atoms with Crippen molar-refractivity contribution in [2.24, 2.45) is 0 Å².